The number of carbonyl (C=O) groups is 1. The zero-order valence-corrected chi connectivity index (χ0v) is 13.3. The number of rotatable bonds is 3. The number of amides is 1. The number of nitrogens with one attached hydrogen (secondary N) is 1. The van der Waals surface area contributed by atoms with E-state index in [1.807, 2.05) is 25.1 Å². The van der Waals surface area contributed by atoms with Crippen LogP contribution in [0, 0.1) is 19.8 Å². The summed E-state index contributed by atoms with van der Waals surface area (Å²) >= 11 is 3.66. The minimum atomic E-state index is 0.0593. The number of aryl methyl sites for hydroxylation is 2. The maximum Gasteiger partial charge on any atom is 0.251 e. The number of halogens is 1. The van der Waals surface area contributed by atoms with Crippen LogP contribution in [0.4, 0.5) is 0 Å². The van der Waals surface area contributed by atoms with Gasteiger partial charge in [0.25, 0.3) is 5.91 Å². The molecule has 0 radical (unpaired) electrons. The van der Waals surface area contributed by atoms with E-state index in [-0.39, 0.29) is 5.91 Å². The van der Waals surface area contributed by atoms with Gasteiger partial charge in [-0.2, -0.15) is 0 Å². The first-order chi connectivity index (χ1) is 9.06. The summed E-state index contributed by atoms with van der Waals surface area (Å²) < 4.78 is 0. The molecule has 1 fully saturated rings. The second kappa shape index (κ2) is 6.56. The average Bonchev–Trinajstić information content (AvgIpc) is 2.41. The summed E-state index contributed by atoms with van der Waals surface area (Å²) in [5.41, 5.74) is 3.18. The lowest BCUT2D eigenvalue weighted by molar-refractivity contribution is 0.0944. The van der Waals surface area contributed by atoms with E-state index in [0.717, 1.165) is 12.1 Å². The van der Waals surface area contributed by atoms with Crippen LogP contribution in [-0.4, -0.2) is 17.3 Å². The normalized spacial score (nSPS) is 23.1. The Hall–Kier alpha value is -0.830. The number of hydrogen-bond donors (Lipinski definition) is 1. The van der Waals surface area contributed by atoms with Crippen molar-refractivity contribution < 1.29 is 4.79 Å². The Morgan fingerprint density at radius 3 is 2.53 bits per heavy atom. The molecule has 0 saturated heterocycles. The molecule has 19 heavy (non-hydrogen) atoms. The van der Waals surface area contributed by atoms with Crippen LogP contribution in [0.15, 0.2) is 18.2 Å². The summed E-state index contributed by atoms with van der Waals surface area (Å²) in [6.07, 6.45) is 4.88. The van der Waals surface area contributed by atoms with Crippen LogP contribution >= 0.6 is 15.9 Å². The molecule has 0 aromatic heterocycles. The highest BCUT2D eigenvalue weighted by Crippen LogP contribution is 2.28. The second-order valence-electron chi connectivity index (χ2n) is 5.63. The van der Waals surface area contributed by atoms with Gasteiger partial charge in [-0.1, -0.05) is 22.0 Å². The lowest BCUT2D eigenvalue weighted by Crippen LogP contribution is -2.31. The summed E-state index contributed by atoms with van der Waals surface area (Å²) in [4.78, 5) is 12.8. The molecule has 1 aliphatic rings. The zero-order valence-electron chi connectivity index (χ0n) is 11.7. The summed E-state index contributed by atoms with van der Waals surface area (Å²) in [5.74, 6) is 0.702. The first kappa shape index (κ1) is 14.6. The van der Waals surface area contributed by atoms with Gasteiger partial charge in [0, 0.05) is 16.9 Å². The second-order valence-corrected chi connectivity index (χ2v) is 6.92. The number of carbonyl (C=O) groups excluding carboxylic acids is 1. The summed E-state index contributed by atoms with van der Waals surface area (Å²) in [7, 11) is 0. The average molecular weight is 324 g/mol. The summed E-state index contributed by atoms with van der Waals surface area (Å²) in [5, 5.41) is 3.08. The third-order valence-electron chi connectivity index (χ3n) is 4.10. The van der Waals surface area contributed by atoms with E-state index in [9.17, 15) is 4.79 Å². The van der Waals surface area contributed by atoms with Crippen LogP contribution < -0.4 is 5.32 Å². The molecule has 0 bridgehead atoms. The van der Waals surface area contributed by atoms with Gasteiger partial charge in [0.15, 0.2) is 0 Å². The van der Waals surface area contributed by atoms with Crippen molar-refractivity contribution in [3.63, 3.8) is 0 Å². The largest absolute Gasteiger partial charge is 0.352 e. The third kappa shape index (κ3) is 4.07. The van der Waals surface area contributed by atoms with Gasteiger partial charge in [-0.15, -0.1) is 0 Å². The summed E-state index contributed by atoms with van der Waals surface area (Å²) in [6.45, 7) is 4.92. The van der Waals surface area contributed by atoms with Gasteiger partial charge in [-0.05, 0) is 68.7 Å². The van der Waals surface area contributed by atoms with E-state index < -0.39 is 0 Å². The standard InChI is InChI=1S/C16H22BrNO/c1-11-3-6-14(9-12(11)2)16(19)18-10-13-4-7-15(17)8-5-13/h3,6,9,13,15H,4-5,7-8,10H2,1-2H3,(H,18,19). The van der Waals surface area contributed by atoms with E-state index in [2.05, 4.69) is 28.2 Å². The van der Waals surface area contributed by atoms with E-state index in [4.69, 9.17) is 0 Å². The van der Waals surface area contributed by atoms with Crippen molar-refractivity contribution in [2.24, 2.45) is 5.92 Å². The molecule has 0 aliphatic heterocycles. The first-order valence-electron chi connectivity index (χ1n) is 7.06. The molecule has 1 aliphatic carbocycles. The van der Waals surface area contributed by atoms with Crippen molar-refractivity contribution in [3.05, 3.63) is 34.9 Å². The molecule has 1 N–H and O–H groups in total. The quantitative estimate of drug-likeness (QED) is 0.837. The molecular weight excluding hydrogens is 302 g/mol. The van der Waals surface area contributed by atoms with Gasteiger partial charge >= 0.3 is 0 Å². The van der Waals surface area contributed by atoms with Crippen molar-refractivity contribution in [1.82, 2.24) is 5.32 Å². The van der Waals surface area contributed by atoms with Crippen LogP contribution in [0.1, 0.15) is 47.2 Å². The predicted molar refractivity (Wildman–Crippen MR) is 82.9 cm³/mol. The first-order valence-corrected chi connectivity index (χ1v) is 7.97. The fourth-order valence-electron chi connectivity index (χ4n) is 2.55. The zero-order chi connectivity index (χ0) is 13.8. The Kier molecular flexibility index (Phi) is 5.03. The molecule has 3 heteroatoms. The minimum Gasteiger partial charge on any atom is -0.352 e. The minimum absolute atomic E-state index is 0.0593. The lowest BCUT2D eigenvalue weighted by atomic mass is 9.89. The number of hydrogen-bond acceptors (Lipinski definition) is 1. The maximum absolute atomic E-state index is 12.1. The van der Waals surface area contributed by atoms with Gasteiger partial charge in [0.2, 0.25) is 0 Å². The van der Waals surface area contributed by atoms with Crippen LogP contribution in [0.3, 0.4) is 0 Å². The Balaban J connectivity index is 1.85. The topological polar surface area (TPSA) is 29.1 Å². The molecule has 0 atom stereocenters. The van der Waals surface area contributed by atoms with Gasteiger partial charge < -0.3 is 5.32 Å². The SMILES string of the molecule is Cc1ccc(C(=O)NCC2CCC(Br)CC2)cc1C. The fourth-order valence-corrected chi connectivity index (χ4v) is 3.08. The molecular formula is C16H22BrNO. The van der Waals surface area contributed by atoms with Crippen LogP contribution in [0.25, 0.3) is 0 Å². The predicted octanol–water partition coefficient (Wildman–Crippen LogP) is 3.99. The van der Waals surface area contributed by atoms with E-state index in [1.165, 1.54) is 36.8 Å². The Morgan fingerprint density at radius 1 is 1.21 bits per heavy atom. The highest BCUT2D eigenvalue weighted by Gasteiger charge is 2.19. The van der Waals surface area contributed by atoms with Crippen LogP contribution in [-0.2, 0) is 0 Å². The van der Waals surface area contributed by atoms with Crippen LogP contribution in [0.5, 0.6) is 0 Å². The Labute approximate surface area is 124 Å². The molecule has 0 heterocycles. The summed E-state index contributed by atoms with van der Waals surface area (Å²) in [6, 6.07) is 5.90. The van der Waals surface area contributed by atoms with E-state index >= 15 is 0 Å². The van der Waals surface area contributed by atoms with Crippen molar-refractivity contribution in [2.75, 3.05) is 6.54 Å². The lowest BCUT2D eigenvalue weighted by Gasteiger charge is -2.25. The van der Waals surface area contributed by atoms with Crippen LogP contribution in [0.2, 0.25) is 0 Å². The highest BCUT2D eigenvalue weighted by atomic mass is 79.9. The fraction of sp³-hybridized carbons (Fsp3) is 0.562. The van der Waals surface area contributed by atoms with Gasteiger partial charge in [0.05, 0.1) is 0 Å². The van der Waals surface area contributed by atoms with Gasteiger partial charge in [-0.3, -0.25) is 4.79 Å². The molecule has 104 valence electrons. The van der Waals surface area contributed by atoms with Gasteiger partial charge in [-0.25, -0.2) is 0 Å². The smallest absolute Gasteiger partial charge is 0.251 e. The van der Waals surface area contributed by atoms with Crippen molar-refractivity contribution in [2.45, 2.75) is 44.4 Å². The molecule has 1 saturated carbocycles. The number of benzene rings is 1. The molecule has 1 aromatic carbocycles. The number of alkyl halides is 1. The Bertz CT molecular complexity index is 450. The van der Waals surface area contributed by atoms with Crippen molar-refractivity contribution in [1.29, 1.82) is 0 Å². The van der Waals surface area contributed by atoms with Crippen molar-refractivity contribution in [3.8, 4) is 0 Å². The highest BCUT2D eigenvalue weighted by molar-refractivity contribution is 9.09. The monoisotopic (exact) mass is 323 g/mol. The van der Waals surface area contributed by atoms with E-state index in [0.29, 0.717) is 10.7 Å². The molecule has 2 nitrogen and oxygen atoms in total. The van der Waals surface area contributed by atoms with Gasteiger partial charge in [0.1, 0.15) is 0 Å². The van der Waals surface area contributed by atoms with Crippen molar-refractivity contribution >= 4 is 21.8 Å². The molecule has 0 unspecified atom stereocenters. The molecule has 1 amide bonds. The molecule has 2 rings (SSSR count). The Morgan fingerprint density at radius 2 is 1.89 bits per heavy atom. The maximum atomic E-state index is 12.1. The third-order valence-corrected chi connectivity index (χ3v) is 5.01. The molecule has 1 aromatic rings. The van der Waals surface area contributed by atoms with E-state index in [1.54, 1.807) is 0 Å². The molecule has 0 spiro atoms.